The van der Waals surface area contributed by atoms with E-state index in [1.807, 2.05) is 6.07 Å². The third kappa shape index (κ3) is 5.15. The third-order valence-electron chi connectivity index (χ3n) is 2.64. The number of nitrogens with one attached hydrogen (secondary N) is 1. The van der Waals surface area contributed by atoms with Crippen molar-refractivity contribution in [2.24, 2.45) is 0 Å². The highest BCUT2D eigenvalue weighted by atomic mass is 79.9. The summed E-state index contributed by atoms with van der Waals surface area (Å²) >= 11 is 3.40. The highest BCUT2D eigenvalue weighted by molar-refractivity contribution is 9.10. The Morgan fingerprint density at radius 2 is 2.24 bits per heavy atom. The molecule has 1 rings (SSSR count). The van der Waals surface area contributed by atoms with Crippen LogP contribution in [0.15, 0.2) is 22.7 Å². The van der Waals surface area contributed by atoms with E-state index >= 15 is 0 Å². The van der Waals surface area contributed by atoms with Crippen molar-refractivity contribution < 1.29 is 9.13 Å². The van der Waals surface area contributed by atoms with E-state index in [0.29, 0.717) is 6.04 Å². The molecule has 0 bridgehead atoms. The number of rotatable bonds is 7. The zero-order chi connectivity index (χ0) is 12.7. The molecule has 1 unspecified atom stereocenters. The van der Waals surface area contributed by atoms with E-state index in [9.17, 15) is 4.39 Å². The second-order valence-electron chi connectivity index (χ2n) is 3.98. The lowest BCUT2D eigenvalue weighted by Crippen LogP contribution is -2.32. The number of halogens is 2. The van der Waals surface area contributed by atoms with Crippen LogP contribution >= 0.6 is 15.9 Å². The highest BCUT2D eigenvalue weighted by Gasteiger charge is 2.10. The van der Waals surface area contributed by atoms with Crippen LogP contribution in [0.3, 0.4) is 0 Å². The van der Waals surface area contributed by atoms with Crippen molar-refractivity contribution in [2.75, 3.05) is 20.3 Å². The molecule has 0 saturated heterocycles. The first kappa shape index (κ1) is 14.6. The topological polar surface area (TPSA) is 21.3 Å². The Morgan fingerprint density at radius 3 is 2.82 bits per heavy atom. The third-order valence-corrected chi connectivity index (χ3v) is 3.38. The lowest BCUT2D eigenvalue weighted by Gasteiger charge is -2.18. The van der Waals surface area contributed by atoms with Crippen LogP contribution in [0.4, 0.5) is 4.39 Å². The van der Waals surface area contributed by atoms with Crippen LogP contribution in [-0.4, -0.2) is 26.3 Å². The molecule has 1 aromatic rings. The molecular formula is C13H19BrFNO. The van der Waals surface area contributed by atoms with E-state index in [4.69, 9.17) is 4.74 Å². The fraction of sp³-hybridized carbons (Fsp3) is 0.538. The van der Waals surface area contributed by atoms with Crippen molar-refractivity contribution in [3.05, 3.63) is 34.1 Å². The minimum atomic E-state index is -0.211. The molecule has 0 heterocycles. The van der Waals surface area contributed by atoms with Gasteiger partial charge in [0.25, 0.3) is 0 Å². The molecule has 0 spiro atoms. The van der Waals surface area contributed by atoms with Crippen molar-refractivity contribution in [3.63, 3.8) is 0 Å². The zero-order valence-electron chi connectivity index (χ0n) is 10.3. The van der Waals surface area contributed by atoms with Crippen LogP contribution < -0.4 is 5.32 Å². The van der Waals surface area contributed by atoms with Gasteiger partial charge in [0.2, 0.25) is 0 Å². The van der Waals surface area contributed by atoms with Crippen molar-refractivity contribution in [1.29, 1.82) is 0 Å². The van der Waals surface area contributed by atoms with E-state index < -0.39 is 0 Å². The molecule has 17 heavy (non-hydrogen) atoms. The molecule has 0 radical (unpaired) electrons. The summed E-state index contributed by atoms with van der Waals surface area (Å²) in [6.45, 7) is 3.74. The molecule has 0 fully saturated rings. The maximum absolute atomic E-state index is 13.0. The predicted molar refractivity (Wildman–Crippen MR) is 71.8 cm³/mol. The summed E-state index contributed by atoms with van der Waals surface area (Å²) in [4.78, 5) is 0. The molecule has 0 amide bonds. The Morgan fingerprint density at radius 1 is 1.47 bits per heavy atom. The standard InChI is InChI=1S/C13H19BrFNO/c1-3-16-12(6-7-17-2)8-10-4-5-11(15)9-13(10)14/h4-5,9,12,16H,3,6-8H2,1-2H3. The molecule has 0 aliphatic carbocycles. The van der Waals surface area contributed by atoms with Gasteiger partial charge in [0.15, 0.2) is 0 Å². The van der Waals surface area contributed by atoms with Crippen molar-refractivity contribution in [1.82, 2.24) is 5.32 Å². The van der Waals surface area contributed by atoms with Gasteiger partial charge >= 0.3 is 0 Å². The van der Waals surface area contributed by atoms with E-state index in [1.54, 1.807) is 7.11 Å². The maximum Gasteiger partial charge on any atom is 0.124 e. The number of benzene rings is 1. The summed E-state index contributed by atoms with van der Waals surface area (Å²) in [5.74, 6) is -0.211. The molecule has 4 heteroatoms. The van der Waals surface area contributed by atoms with Gasteiger partial charge in [0.1, 0.15) is 5.82 Å². The summed E-state index contributed by atoms with van der Waals surface area (Å²) in [7, 11) is 1.71. The Kier molecular flexibility index (Phi) is 6.70. The van der Waals surface area contributed by atoms with E-state index in [2.05, 4.69) is 28.2 Å². The number of hydrogen-bond donors (Lipinski definition) is 1. The summed E-state index contributed by atoms with van der Waals surface area (Å²) in [6, 6.07) is 5.20. The molecule has 1 atom stereocenters. The number of methoxy groups -OCH3 is 1. The monoisotopic (exact) mass is 303 g/mol. The molecule has 0 aromatic heterocycles. The van der Waals surface area contributed by atoms with Gasteiger partial charge in [-0.1, -0.05) is 28.9 Å². The summed E-state index contributed by atoms with van der Waals surface area (Å²) in [6.07, 6.45) is 1.83. The maximum atomic E-state index is 13.0. The van der Waals surface area contributed by atoms with E-state index in [-0.39, 0.29) is 5.82 Å². The van der Waals surface area contributed by atoms with E-state index in [0.717, 1.165) is 36.0 Å². The van der Waals surface area contributed by atoms with Crippen LogP contribution in [0.2, 0.25) is 0 Å². The quantitative estimate of drug-likeness (QED) is 0.835. The average molecular weight is 304 g/mol. The first-order valence-corrected chi connectivity index (χ1v) is 6.63. The predicted octanol–water partition coefficient (Wildman–Crippen LogP) is 3.15. The van der Waals surface area contributed by atoms with Crippen LogP contribution in [0, 0.1) is 5.82 Å². The largest absolute Gasteiger partial charge is 0.385 e. The summed E-state index contributed by atoms with van der Waals surface area (Å²) in [5, 5.41) is 3.41. The molecule has 0 aliphatic heterocycles. The Hall–Kier alpha value is -0.450. The molecule has 0 aliphatic rings. The second-order valence-corrected chi connectivity index (χ2v) is 4.83. The normalized spacial score (nSPS) is 12.7. The van der Waals surface area contributed by atoms with Gasteiger partial charge in [0.05, 0.1) is 0 Å². The second kappa shape index (κ2) is 7.80. The van der Waals surface area contributed by atoms with Crippen molar-refractivity contribution >= 4 is 15.9 Å². The average Bonchev–Trinajstić information content (AvgIpc) is 2.29. The zero-order valence-corrected chi connectivity index (χ0v) is 11.9. The fourth-order valence-electron chi connectivity index (χ4n) is 1.78. The first-order valence-electron chi connectivity index (χ1n) is 5.83. The van der Waals surface area contributed by atoms with Crippen LogP contribution in [0.1, 0.15) is 18.9 Å². The van der Waals surface area contributed by atoms with Gasteiger partial charge < -0.3 is 10.1 Å². The van der Waals surface area contributed by atoms with Crippen LogP contribution in [0.5, 0.6) is 0 Å². The summed E-state index contributed by atoms with van der Waals surface area (Å²) < 4.78 is 18.9. The van der Waals surface area contributed by atoms with Gasteiger partial charge in [-0.15, -0.1) is 0 Å². The van der Waals surface area contributed by atoms with E-state index in [1.165, 1.54) is 12.1 Å². The SMILES string of the molecule is CCNC(CCOC)Cc1ccc(F)cc1Br. The molecule has 2 nitrogen and oxygen atoms in total. The molecule has 0 saturated carbocycles. The minimum Gasteiger partial charge on any atom is -0.385 e. The number of likely N-dealkylation sites (N-methyl/N-ethyl adjacent to an activating group) is 1. The molecule has 96 valence electrons. The summed E-state index contributed by atoms with van der Waals surface area (Å²) in [5.41, 5.74) is 1.12. The van der Waals surface area contributed by atoms with Crippen molar-refractivity contribution in [3.8, 4) is 0 Å². The lowest BCUT2D eigenvalue weighted by atomic mass is 10.0. The van der Waals surface area contributed by atoms with Gasteiger partial charge in [0, 0.05) is 24.2 Å². The highest BCUT2D eigenvalue weighted by Crippen LogP contribution is 2.20. The van der Waals surface area contributed by atoms with Crippen LogP contribution in [0.25, 0.3) is 0 Å². The smallest absolute Gasteiger partial charge is 0.124 e. The van der Waals surface area contributed by atoms with Gasteiger partial charge in [-0.3, -0.25) is 0 Å². The van der Waals surface area contributed by atoms with Crippen molar-refractivity contribution in [2.45, 2.75) is 25.8 Å². The first-order chi connectivity index (χ1) is 8.17. The Balaban J connectivity index is 2.64. The molecule has 1 N–H and O–H groups in total. The Bertz CT molecular complexity index is 346. The molecule has 1 aromatic carbocycles. The van der Waals surface area contributed by atoms with Crippen LogP contribution in [-0.2, 0) is 11.2 Å². The van der Waals surface area contributed by atoms with Gasteiger partial charge in [-0.2, -0.15) is 0 Å². The Labute approximate surface area is 111 Å². The lowest BCUT2D eigenvalue weighted by molar-refractivity contribution is 0.183. The number of ether oxygens (including phenoxy) is 1. The number of hydrogen-bond acceptors (Lipinski definition) is 2. The molecular weight excluding hydrogens is 285 g/mol. The fourth-order valence-corrected chi connectivity index (χ4v) is 2.29. The minimum absolute atomic E-state index is 0.211. The van der Waals surface area contributed by atoms with Gasteiger partial charge in [-0.25, -0.2) is 4.39 Å². The van der Waals surface area contributed by atoms with Gasteiger partial charge in [-0.05, 0) is 37.1 Å².